The van der Waals surface area contributed by atoms with Gasteiger partial charge in [-0.2, -0.15) is 0 Å². The summed E-state index contributed by atoms with van der Waals surface area (Å²) in [6.45, 7) is 8.64. The largest absolute Gasteiger partial charge is 0.335 e. The van der Waals surface area contributed by atoms with E-state index in [1.807, 2.05) is 11.8 Å². The summed E-state index contributed by atoms with van der Waals surface area (Å²) < 4.78 is 0. The van der Waals surface area contributed by atoms with Crippen molar-refractivity contribution in [2.45, 2.75) is 40.2 Å². The number of thioether (sulfide) groups is 1. The van der Waals surface area contributed by atoms with Crippen molar-refractivity contribution in [2.75, 3.05) is 11.1 Å². The molecule has 0 aromatic heterocycles. The minimum absolute atomic E-state index is 0.494. The molecule has 1 aliphatic heterocycles. The van der Waals surface area contributed by atoms with Gasteiger partial charge in [-0.15, -0.1) is 0 Å². The van der Waals surface area contributed by atoms with Crippen LogP contribution in [-0.2, 0) is 0 Å². The van der Waals surface area contributed by atoms with Crippen molar-refractivity contribution >= 4 is 22.6 Å². The quantitative estimate of drug-likeness (QED) is 0.858. The third-order valence-electron chi connectivity index (χ3n) is 3.09. The summed E-state index contributed by atoms with van der Waals surface area (Å²) in [5.41, 5.74) is 5.13. The number of hydrogen-bond donors (Lipinski definition) is 1. The van der Waals surface area contributed by atoms with Crippen LogP contribution < -0.4 is 5.32 Å². The average Bonchev–Trinajstić information content (AvgIpc) is 2.71. The van der Waals surface area contributed by atoms with E-state index in [4.69, 9.17) is 0 Å². The Hall–Kier alpha value is -0.960. The first-order valence-corrected chi connectivity index (χ1v) is 7.14. The first kappa shape index (κ1) is 12.5. The Morgan fingerprint density at radius 2 is 1.94 bits per heavy atom. The lowest BCUT2D eigenvalue weighted by Gasteiger charge is -2.13. The van der Waals surface area contributed by atoms with Crippen molar-refractivity contribution in [3.05, 3.63) is 28.8 Å². The van der Waals surface area contributed by atoms with Crippen LogP contribution >= 0.6 is 11.8 Å². The number of amidine groups is 1. The molecule has 1 aromatic rings. The van der Waals surface area contributed by atoms with E-state index in [-0.39, 0.29) is 0 Å². The lowest BCUT2D eigenvalue weighted by atomic mass is 10.1. The van der Waals surface area contributed by atoms with Crippen LogP contribution in [0.5, 0.6) is 0 Å². The first-order chi connectivity index (χ1) is 8.10. The van der Waals surface area contributed by atoms with E-state index < -0.39 is 0 Å². The minimum atomic E-state index is 0.494. The van der Waals surface area contributed by atoms with Crippen LogP contribution in [0.15, 0.2) is 17.1 Å². The van der Waals surface area contributed by atoms with Gasteiger partial charge >= 0.3 is 0 Å². The van der Waals surface area contributed by atoms with Gasteiger partial charge < -0.3 is 5.32 Å². The van der Waals surface area contributed by atoms with Crippen molar-refractivity contribution in [1.82, 2.24) is 0 Å². The Morgan fingerprint density at radius 3 is 2.47 bits per heavy atom. The maximum atomic E-state index is 4.67. The van der Waals surface area contributed by atoms with E-state index in [0.29, 0.717) is 6.04 Å². The Morgan fingerprint density at radius 1 is 1.29 bits per heavy atom. The second-order valence-electron chi connectivity index (χ2n) is 4.71. The molecule has 1 atom stereocenters. The fourth-order valence-electron chi connectivity index (χ4n) is 2.18. The van der Waals surface area contributed by atoms with Crippen LogP contribution in [0.4, 0.5) is 5.69 Å². The molecule has 2 rings (SSSR count). The summed E-state index contributed by atoms with van der Waals surface area (Å²) in [6, 6.07) is 4.92. The second-order valence-corrected chi connectivity index (χ2v) is 5.71. The molecular weight excluding hydrogens is 228 g/mol. The predicted molar refractivity (Wildman–Crippen MR) is 78.2 cm³/mol. The van der Waals surface area contributed by atoms with Crippen LogP contribution in [0.2, 0.25) is 0 Å². The van der Waals surface area contributed by atoms with Crippen molar-refractivity contribution in [3.8, 4) is 0 Å². The second kappa shape index (κ2) is 5.13. The monoisotopic (exact) mass is 248 g/mol. The van der Waals surface area contributed by atoms with E-state index in [1.165, 1.54) is 22.4 Å². The van der Waals surface area contributed by atoms with Crippen LogP contribution in [0.1, 0.15) is 30.0 Å². The molecule has 92 valence electrons. The van der Waals surface area contributed by atoms with Gasteiger partial charge in [-0.3, -0.25) is 4.99 Å². The highest BCUT2D eigenvalue weighted by molar-refractivity contribution is 8.14. The fourth-order valence-corrected chi connectivity index (χ4v) is 3.24. The van der Waals surface area contributed by atoms with E-state index >= 15 is 0 Å². The zero-order chi connectivity index (χ0) is 12.4. The molecule has 0 aliphatic carbocycles. The number of nitrogens with zero attached hydrogens (tertiary/aromatic N) is 1. The Balaban J connectivity index is 2.20. The van der Waals surface area contributed by atoms with Gasteiger partial charge in [0.2, 0.25) is 0 Å². The van der Waals surface area contributed by atoms with Crippen LogP contribution in [0, 0.1) is 20.8 Å². The lowest BCUT2D eigenvalue weighted by Crippen LogP contribution is -2.08. The number of hydrogen-bond acceptors (Lipinski definition) is 3. The normalized spacial score (nSPS) is 19.3. The molecule has 17 heavy (non-hydrogen) atoms. The topological polar surface area (TPSA) is 24.4 Å². The molecule has 3 heteroatoms. The maximum absolute atomic E-state index is 4.67. The standard InChI is InChI=1S/C14H20N2S/c1-5-12-8-17-14(15-12)16-13-10(3)6-9(2)7-11(13)4/h6-7,12H,5,8H2,1-4H3,(H,15,16). The lowest BCUT2D eigenvalue weighted by molar-refractivity contribution is 0.738. The van der Waals surface area contributed by atoms with E-state index in [1.54, 1.807) is 0 Å². The molecule has 0 spiro atoms. The summed E-state index contributed by atoms with van der Waals surface area (Å²) in [5, 5.41) is 4.56. The molecule has 1 aliphatic rings. The van der Waals surface area contributed by atoms with Crippen molar-refractivity contribution in [3.63, 3.8) is 0 Å². The zero-order valence-corrected chi connectivity index (χ0v) is 11.8. The number of aliphatic imine (C=N–C) groups is 1. The third-order valence-corrected chi connectivity index (χ3v) is 4.12. The SMILES string of the molecule is CCC1CSC(Nc2c(C)cc(C)cc2C)=N1. The molecule has 1 heterocycles. The molecule has 1 aromatic carbocycles. The molecule has 0 saturated carbocycles. The van der Waals surface area contributed by atoms with Crippen LogP contribution in [0.3, 0.4) is 0 Å². The number of rotatable bonds is 2. The molecule has 0 radical (unpaired) electrons. The highest BCUT2D eigenvalue weighted by Gasteiger charge is 2.17. The molecular formula is C14H20N2S. The van der Waals surface area contributed by atoms with Gasteiger partial charge in [-0.05, 0) is 38.3 Å². The van der Waals surface area contributed by atoms with E-state index in [0.717, 1.165) is 17.3 Å². The summed E-state index contributed by atoms with van der Waals surface area (Å²) in [5.74, 6) is 1.11. The average molecular weight is 248 g/mol. The highest BCUT2D eigenvalue weighted by atomic mass is 32.2. The highest BCUT2D eigenvalue weighted by Crippen LogP contribution is 2.26. The van der Waals surface area contributed by atoms with Crippen LogP contribution in [-0.4, -0.2) is 17.0 Å². The molecule has 1 N–H and O–H groups in total. The van der Waals surface area contributed by atoms with Gasteiger partial charge in [0.1, 0.15) is 0 Å². The van der Waals surface area contributed by atoms with Gasteiger partial charge in [0.05, 0.1) is 6.04 Å². The summed E-state index contributed by atoms with van der Waals surface area (Å²) >= 11 is 1.83. The Bertz CT molecular complexity index is 429. The third kappa shape index (κ3) is 2.83. The molecule has 0 fully saturated rings. The van der Waals surface area contributed by atoms with Crippen LogP contribution in [0.25, 0.3) is 0 Å². The minimum Gasteiger partial charge on any atom is -0.335 e. The van der Waals surface area contributed by atoms with E-state index in [9.17, 15) is 0 Å². The number of nitrogens with one attached hydrogen (secondary N) is 1. The first-order valence-electron chi connectivity index (χ1n) is 6.15. The molecule has 0 saturated heterocycles. The van der Waals surface area contributed by atoms with Gasteiger partial charge in [-0.1, -0.05) is 36.4 Å². The summed E-state index contributed by atoms with van der Waals surface area (Å²) in [7, 11) is 0. The fraction of sp³-hybridized carbons (Fsp3) is 0.500. The predicted octanol–water partition coefficient (Wildman–Crippen LogP) is 3.91. The van der Waals surface area contributed by atoms with Gasteiger partial charge in [0.15, 0.2) is 5.17 Å². The number of aryl methyl sites for hydroxylation is 3. The summed E-state index contributed by atoms with van der Waals surface area (Å²) in [4.78, 5) is 4.67. The van der Waals surface area contributed by atoms with Gasteiger partial charge in [0.25, 0.3) is 0 Å². The molecule has 1 unspecified atom stereocenters. The smallest absolute Gasteiger partial charge is 0.161 e. The number of anilines is 1. The van der Waals surface area contributed by atoms with E-state index in [2.05, 4.69) is 50.1 Å². The summed E-state index contributed by atoms with van der Waals surface area (Å²) in [6.07, 6.45) is 1.13. The Kier molecular flexibility index (Phi) is 3.77. The Labute approximate surface area is 108 Å². The van der Waals surface area contributed by atoms with Crippen molar-refractivity contribution < 1.29 is 0 Å². The van der Waals surface area contributed by atoms with Gasteiger partial charge in [-0.25, -0.2) is 0 Å². The molecule has 0 amide bonds. The molecule has 2 nitrogen and oxygen atoms in total. The van der Waals surface area contributed by atoms with Gasteiger partial charge in [0, 0.05) is 11.4 Å². The zero-order valence-electron chi connectivity index (χ0n) is 11.0. The van der Waals surface area contributed by atoms with Crippen molar-refractivity contribution in [1.29, 1.82) is 0 Å². The molecule has 0 bridgehead atoms. The van der Waals surface area contributed by atoms with Crippen molar-refractivity contribution in [2.24, 2.45) is 4.99 Å². The maximum Gasteiger partial charge on any atom is 0.161 e. The number of benzene rings is 1.